The Balaban J connectivity index is 1.66. The highest BCUT2D eigenvalue weighted by Crippen LogP contribution is 2.36. The van der Waals surface area contributed by atoms with E-state index >= 15 is 0 Å². The second kappa shape index (κ2) is 8.40. The van der Waals surface area contributed by atoms with Crippen molar-refractivity contribution < 1.29 is 14.3 Å². The van der Waals surface area contributed by atoms with Gasteiger partial charge in [0.1, 0.15) is 18.8 Å². The average Bonchev–Trinajstić information content (AvgIpc) is 2.73. The Labute approximate surface area is 168 Å². The second-order valence-corrected chi connectivity index (χ2v) is 8.29. The SMILES string of the molecule is CC1CCC(C#N)(N(C)C(=O)C(C)N(C)Cc2ccc3c(c2)OCCO3)CC1. The zero-order valence-corrected chi connectivity index (χ0v) is 17.4. The maximum absolute atomic E-state index is 13.1. The molecule has 1 amide bonds. The van der Waals surface area contributed by atoms with Crippen molar-refractivity contribution in [2.45, 2.75) is 57.7 Å². The Morgan fingerprint density at radius 2 is 1.89 bits per heavy atom. The van der Waals surface area contributed by atoms with Gasteiger partial charge < -0.3 is 14.4 Å². The van der Waals surface area contributed by atoms with Crippen LogP contribution in [0.1, 0.15) is 45.1 Å². The van der Waals surface area contributed by atoms with Crippen molar-refractivity contribution in [2.24, 2.45) is 5.92 Å². The van der Waals surface area contributed by atoms with E-state index in [0.717, 1.165) is 42.7 Å². The molecule has 28 heavy (non-hydrogen) atoms. The molecule has 152 valence electrons. The van der Waals surface area contributed by atoms with Gasteiger partial charge in [-0.1, -0.05) is 13.0 Å². The Hall–Kier alpha value is -2.26. The Bertz CT molecular complexity index is 750. The summed E-state index contributed by atoms with van der Waals surface area (Å²) >= 11 is 0. The third kappa shape index (κ3) is 4.10. The van der Waals surface area contributed by atoms with Crippen molar-refractivity contribution in [1.29, 1.82) is 5.26 Å². The molecule has 1 fully saturated rings. The van der Waals surface area contributed by atoms with Gasteiger partial charge in [-0.3, -0.25) is 9.69 Å². The summed E-state index contributed by atoms with van der Waals surface area (Å²) in [4.78, 5) is 16.9. The predicted octanol–water partition coefficient (Wildman–Crippen LogP) is 3.21. The molecule has 0 spiro atoms. The van der Waals surface area contributed by atoms with Gasteiger partial charge in [0.15, 0.2) is 11.5 Å². The molecule has 0 saturated heterocycles. The lowest BCUT2D eigenvalue weighted by molar-refractivity contribution is -0.140. The van der Waals surface area contributed by atoms with Crippen LogP contribution in [0.3, 0.4) is 0 Å². The number of carbonyl (C=O) groups excluding carboxylic acids is 1. The fraction of sp³-hybridized carbons (Fsp3) is 0.636. The quantitative estimate of drug-likeness (QED) is 0.779. The Morgan fingerprint density at radius 1 is 1.25 bits per heavy atom. The number of nitriles is 1. The molecule has 1 heterocycles. The van der Waals surface area contributed by atoms with Crippen LogP contribution in [0.15, 0.2) is 18.2 Å². The summed E-state index contributed by atoms with van der Waals surface area (Å²) in [6.45, 7) is 5.87. The van der Waals surface area contributed by atoms with Crippen molar-refractivity contribution in [3.8, 4) is 17.6 Å². The molecule has 0 N–H and O–H groups in total. The standard InChI is InChI=1S/C22H31N3O3/c1-16-7-9-22(15-23,10-8-16)25(4)21(26)17(2)24(3)14-18-5-6-19-20(13-18)28-12-11-27-19/h5-6,13,16-17H,7-12,14H2,1-4H3. The fourth-order valence-corrected chi connectivity index (χ4v) is 4.05. The van der Waals surface area contributed by atoms with E-state index in [9.17, 15) is 10.1 Å². The minimum absolute atomic E-state index is 0.00357. The molecular formula is C22H31N3O3. The van der Waals surface area contributed by atoms with Crippen molar-refractivity contribution in [1.82, 2.24) is 9.80 Å². The zero-order chi connectivity index (χ0) is 20.3. The molecule has 0 bridgehead atoms. The minimum Gasteiger partial charge on any atom is -0.486 e. The predicted molar refractivity (Wildman–Crippen MR) is 107 cm³/mol. The van der Waals surface area contributed by atoms with Crippen LogP contribution in [0.4, 0.5) is 0 Å². The third-order valence-corrected chi connectivity index (χ3v) is 6.34. The first-order valence-corrected chi connectivity index (χ1v) is 10.1. The topological polar surface area (TPSA) is 65.8 Å². The molecule has 0 radical (unpaired) electrons. The van der Waals surface area contributed by atoms with Gasteiger partial charge in [0.2, 0.25) is 5.91 Å². The Morgan fingerprint density at radius 3 is 2.54 bits per heavy atom. The van der Waals surface area contributed by atoms with Crippen LogP contribution in [-0.2, 0) is 11.3 Å². The van der Waals surface area contributed by atoms with Gasteiger partial charge in [0.05, 0.1) is 12.1 Å². The molecule has 1 saturated carbocycles. The van der Waals surface area contributed by atoms with Crippen LogP contribution in [0.5, 0.6) is 11.5 Å². The second-order valence-electron chi connectivity index (χ2n) is 8.29. The molecule has 1 unspecified atom stereocenters. The van der Waals surface area contributed by atoms with E-state index < -0.39 is 5.54 Å². The van der Waals surface area contributed by atoms with Crippen molar-refractivity contribution in [3.05, 3.63) is 23.8 Å². The number of amides is 1. The number of likely N-dealkylation sites (N-methyl/N-ethyl adjacent to an activating group) is 2. The van der Waals surface area contributed by atoms with Crippen LogP contribution in [0.25, 0.3) is 0 Å². The number of hydrogen-bond acceptors (Lipinski definition) is 5. The fourth-order valence-electron chi connectivity index (χ4n) is 4.05. The summed E-state index contributed by atoms with van der Waals surface area (Å²) in [6, 6.07) is 8.04. The lowest BCUT2D eigenvalue weighted by Crippen LogP contribution is -2.55. The van der Waals surface area contributed by atoms with E-state index in [1.807, 2.05) is 37.1 Å². The smallest absolute Gasteiger partial charge is 0.240 e. The zero-order valence-electron chi connectivity index (χ0n) is 17.4. The van der Waals surface area contributed by atoms with Gasteiger partial charge in [-0.05, 0) is 63.3 Å². The van der Waals surface area contributed by atoms with Crippen LogP contribution in [0, 0.1) is 17.2 Å². The number of fused-ring (bicyclic) bond motifs is 1. The third-order valence-electron chi connectivity index (χ3n) is 6.34. The molecule has 0 aromatic heterocycles. The Kier molecular flexibility index (Phi) is 6.14. The van der Waals surface area contributed by atoms with Gasteiger partial charge in [0.25, 0.3) is 0 Å². The van der Waals surface area contributed by atoms with E-state index in [1.54, 1.807) is 11.9 Å². The maximum Gasteiger partial charge on any atom is 0.240 e. The number of carbonyl (C=O) groups is 1. The van der Waals surface area contributed by atoms with E-state index in [0.29, 0.717) is 25.7 Å². The van der Waals surface area contributed by atoms with Crippen LogP contribution < -0.4 is 9.47 Å². The molecule has 2 aliphatic rings. The number of ether oxygens (including phenoxy) is 2. The monoisotopic (exact) mass is 385 g/mol. The van der Waals surface area contributed by atoms with Gasteiger partial charge in [0, 0.05) is 13.6 Å². The molecule has 6 heteroatoms. The van der Waals surface area contributed by atoms with Crippen molar-refractivity contribution >= 4 is 5.91 Å². The lowest BCUT2D eigenvalue weighted by atomic mass is 9.77. The minimum atomic E-state index is -0.671. The molecule has 6 nitrogen and oxygen atoms in total. The summed E-state index contributed by atoms with van der Waals surface area (Å²) < 4.78 is 11.2. The first-order valence-electron chi connectivity index (χ1n) is 10.1. The van der Waals surface area contributed by atoms with Gasteiger partial charge >= 0.3 is 0 Å². The van der Waals surface area contributed by atoms with Crippen LogP contribution in [0.2, 0.25) is 0 Å². The van der Waals surface area contributed by atoms with E-state index in [4.69, 9.17) is 9.47 Å². The van der Waals surface area contributed by atoms with Crippen LogP contribution >= 0.6 is 0 Å². The lowest BCUT2D eigenvalue weighted by Gasteiger charge is -2.42. The van der Waals surface area contributed by atoms with Crippen molar-refractivity contribution in [3.63, 3.8) is 0 Å². The molecular weight excluding hydrogens is 354 g/mol. The van der Waals surface area contributed by atoms with E-state index in [-0.39, 0.29) is 11.9 Å². The first kappa shape index (κ1) is 20.5. The van der Waals surface area contributed by atoms with E-state index in [1.165, 1.54) is 0 Å². The highest BCUT2D eigenvalue weighted by molar-refractivity contribution is 5.82. The summed E-state index contributed by atoms with van der Waals surface area (Å²) in [7, 11) is 3.73. The van der Waals surface area contributed by atoms with Gasteiger partial charge in [-0.25, -0.2) is 0 Å². The summed E-state index contributed by atoms with van der Waals surface area (Å²) in [5.74, 6) is 2.15. The molecule has 1 aliphatic carbocycles. The summed E-state index contributed by atoms with van der Waals surface area (Å²) in [5.41, 5.74) is 0.394. The number of benzene rings is 1. The maximum atomic E-state index is 13.1. The average molecular weight is 386 g/mol. The molecule has 1 atom stereocenters. The number of rotatable bonds is 5. The molecule has 1 aliphatic heterocycles. The van der Waals surface area contributed by atoms with Crippen LogP contribution in [-0.4, -0.2) is 54.6 Å². The van der Waals surface area contributed by atoms with Crippen molar-refractivity contribution in [2.75, 3.05) is 27.3 Å². The number of hydrogen-bond donors (Lipinski definition) is 0. The normalized spacial score (nSPS) is 25.1. The van der Waals surface area contributed by atoms with E-state index in [2.05, 4.69) is 13.0 Å². The largest absolute Gasteiger partial charge is 0.486 e. The molecule has 1 aromatic carbocycles. The van der Waals surface area contributed by atoms with Gasteiger partial charge in [-0.2, -0.15) is 5.26 Å². The molecule has 1 aromatic rings. The first-order chi connectivity index (χ1) is 13.4. The summed E-state index contributed by atoms with van der Waals surface area (Å²) in [5, 5.41) is 9.83. The highest BCUT2D eigenvalue weighted by Gasteiger charge is 2.42. The highest BCUT2D eigenvalue weighted by atomic mass is 16.6. The summed E-state index contributed by atoms with van der Waals surface area (Å²) in [6.07, 6.45) is 3.50. The molecule has 3 rings (SSSR count). The van der Waals surface area contributed by atoms with Gasteiger partial charge in [-0.15, -0.1) is 0 Å². The number of nitrogens with zero attached hydrogens (tertiary/aromatic N) is 3.